The molecular weight excluding hydrogens is 286 g/mol. The fourth-order valence-electron chi connectivity index (χ4n) is 3.19. The van der Waals surface area contributed by atoms with E-state index in [1.165, 1.54) is 23.2 Å². The summed E-state index contributed by atoms with van der Waals surface area (Å²) in [5.41, 5.74) is 3.74. The highest BCUT2D eigenvalue weighted by molar-refractivity contribution is 5.75. The molecule has 0 saturated heterocycles. The summed E-state index contributed by atoms with van der Waals surface area (Å²) in [6.07, 6.45) is 5.37. The Bertz CT molecular complexity index is 663. The number of rotatable bonds is 5. The second kappa shape index (κ2) is 6.99. The van der Waals surface area contributed by atoms with Gasteiger partial charge in [0, 0.05) is 12.7 Å². The first-order valence-electron chi connectivity index (χ1n) is 8.48. The molecule has 3 rings (SSSR count). The second-order valence-electron chi connectivity index (χ2n) is 6.76. The molecule has 0 bridgehead atoms. The number of hydrogen-bond acceptors (Lipinski definition) is 2. The summed E-state index contributed by atoms with van der Waals surface area (Å²) >= 11 is 0. The summed E-state index contributed by atoms with van der Waals surface area (Å²) in [5, 5.41) is 7.59. The quantitative estimate of drug-likeness (QED) is 0.923. The van der Waals surface area contributed by atoms with Crippen LogP contribution in [-0.4, -0.2) is 22.2 Å². The molecule has 0 fully saturated rings. The van der Waals surface area contributed by atoms with Gasteiger partial charge in [-0.3, -0.25) is 9.48 Å². The third-order valence-electron chi connectivity index (χ3n) is 4.65. The zero-order chi connectivity index (χ0) is 16.2. The summed E-state index contributed by atoms with van der Waals surface area (Å²) in [6.45, 7) is 5.37. The minimum absolute atomic E-state index is 0.0284. The molecule has 0 radical (unpaired) electrons. The van der Waals surface area contributed by atoms with Crippen LogP contribution in [0.5, 0.6) is 0 Å². The SMILES string of the molecule is CC1CCc2nn(CC(=O)NCC(C)c3ccccc3)cc2C1. The molecule has 4 nitrogen and oxygen atoms in total. The minimum atomic E-state index is 0.0284. The maximum Gasteiger partial charge on any atom is 0.241 e. The Balaban J connectivity index is 1.52. The van der Waals surface area contributed by atoms with Crippen molar-refractivity contribution in [2.24, 2.45) is 5.92 Å². The molecule has 122 valence electrons. The van der Waals surface area contributed by atoms with E-state index in [9.17, 15) is 4.79 Å². The van der Waals surface area contributed by atoms with E-state index in [2.05, 4.69) is 36.4 Å². The third-order valence-corrected chi connectivity index (χ3v) is 4.65. The van der Waals surface area contributed by atoms with Gasteiger partial charge in [-0.2, -0.15) is 5.10 Å². The molecule has 4 heteroatoms. The summed E-state index contributed by atoms with van der Waals surface area (Å²) < 4.78 is 1.80. The fourth-order valence-corrected chi connectivity index (χ4v) is 3.19. The summed E-state index contributed by atoms with van der Waals surface area (Å²) in [5.74, 6) is 1.06. The molecule has 2 unspecified atom stereocenters. The first-order valence-corrected chi connectivity index (χ1v) is 8.48. The fraction of sp³-hybridized carbons (Fsp3) is 0.474. The molecular formula is C19H25N3O. The highest BCUT2D eigenvalue weighted by Gasteiger charge is 2.19. The molecule has 1 aliphatic rings. The monoisotopic (exact) mass is 311 g/mol. The van der Waals surface area contributed by atoms with Gasteiger partial charge >= 0.3 is 0 Å². The van der Waals surface area contributed by atoms with Crippen LogP contribution in [-0.2, 0) is 24.2 Å². The van der Waals surface area contributed by atoms with Gasteiger partial charge < -0.3 is 5.32 Å². The van der Waals surface area contributed by atoms with Crippen molar-refractivity contribution in [1.82, 2.24) is 15.1 Å². The van der Waals surface area contributed by atoms with Crippen molar-refractivity contribution < 1.29 is 4.79 Å². The number of amides is 1. The molecule has 1 heterocycles. The average Bonchev–Trinajstić information content (AvgIpc) is 2.94. The minimum Gasteiger partial charge on any atom is -0.354 e. The number of carbonyl (C=O) groups is 1. The first-order chi connectivity index (χ1) is 11.1. The lowest BCUT2D eigenvalue weighted by atomic mass is 9.89. The lowest BCUT2D eigenvalue weighted by molar-refractivity contribution is -0.121. The van der Waals surface area contributed by atoms with Gasteiger partial charge in [-0.15, -0.1) is 0 Å². The number of aromatic nitrogens is 2. The zero-order valence-electron chi connectivity index (χ0n) is 14.0. The van der Waals surface area contributed by atoms with Crippen LogP contribution in [0, 0.1) is 5.92 Å². The summed E-state index contributed by atoms with van der Waals surface area (Å²) in [6, 6.07) is 10.3. The Hall–Kier alpha value is -2.10. The van der Waals surface area contributed by atoms with Crippen LogP contribution in [0.1, 0.15) is 43.0 Å². The number of carbonyl (C=O) groups excluding carboxylic acids is 1. The highest BCUT2D eigenvalue weighted by atomic mass is 16.2. The Kier molecular flexibility index (Phi) is 4.79. The van der Waals surface area contributed by atoms with E-state index < -0.39 is 0 Å². The van der Waals surface area contributed by atoms with Crippen molar-refractivity contribution >= 4 is 5.91 Å². The lowest BCUT2D eigenvalue weighted by Gasteiger charge is -2.15. The van der Waals surface area contributed by atoms with Gasteiger partial charge in [0.25, 0.3) is 0 Å². The Morgan fingerprint density at radius 2 is 2.17 bits per heavy atom. The first kappa shape index (κ1) is 15.8. The average molecular weight is 311 g/mol. The van der Waals surface area contributed by atoms with Crippen LogP contribution in [0.4, 0.5) is 0 Å². The van der Waals surface area contributed by atoms with E-state index in [1.54, 1.807) is 4.68 Å². The van der Waals surface area contributed by atoms with Gasteiger partial charge in [-0.05, 0) is 42.2 Å². The predicted molar refractivity (Wildman–Crippen MR) is 91.3 cm³/mol. The van der Waals surface area contributed by atoms with E-state index in [0.717, 1.165) is 18.8 Å². The van der Waals surface area contributed by atoms with Gasteiger partial charge in [0.1, 0.15) is 6.54 Å². The predicted octanol–water partition coefficient (Wildman–Crippen LogP) is 2.93. The molecule has 0 saturated carbocycles. The lowest BCUT2D eigenvalue weighted by Crippen LogP contribution is -2.30. The van der Waals surface area contributed by atoms with Crippen LogP contribution >= 0.6 is 0 Å². The Morgan fingerprint density at radius 1 is 1.39 bits per heavy atom. The van der Waals surface area contributed by atoms with E-state index in [-0.39, 0.29) is 5.91 Å². The summed E-state index contributed by atoms with van der Waals surface area (Å²) in [7, 11) is 0. The van der Waals surface area contributed by atoms with Crippen LogP contribution in [0.15, 0.2) is 36.5 Å². The molecule has 0 aliphatic heterocycles. The standard InChI is InChI=1S/C19H25N3O/c1-14-8-9-18-17(10-14)12-22(21-18)13-19(23)20-11-15(2)16-6-4-3-5-7-16/h3-7,12,14-15H,8-11,13H2,1-2H3,(H,20,23). The molecule has 2 atom stereocenters. The van der Waals surface area contributed by atoms with Crippen LogP contribution in [0.3, 0.4) is 0 Å². The van der Waals surface area contributed by atoms with Gasteiger partial charge in [-0.1, -0.05) is 44.2 Å². The van der Waals surface area contributed by atoms with Crippen molar-refractivity contribution in [2.45, 2.75) is 45.6 Å². The normalized spacial score (nSPS) is 18.3. The van der Waals surface area contributed by atoms with E-state index in [0.29, 0.717) is 19.0 Å². The molecule has 1 aromatic heterocycles. The molecule has 1 aliphatic carbocycles. The molecule has 23 heavy (non-hydrogen) atoms. The van der Waals surface area contributed by atoms with E-state index in [1.807, 2.05) is 24.4 Å². The molecule has 1 amide bonds. The van der Waals surface area contributed by atoms with Crippen molar-refractivity contribution in [2.75, 3.05) is 6.54 Å². The third kappa shape index (κ3) is 4.01. The highest BCUT2D eigenvalue weighted by Crippen LogP contribution is 2.23. The van der Waals surface area contributed by atoms with Crippen LogP contribution in [0.25, 0.3) is 0 Å². The van der Waals surface area contributed by atoms with Crippen molar-refractivity contribution in [3.05, 3.63) is 53.3 Å². The second-order valence-corrected chi connectivity index (χ2v) is 6.76. The van der Waals surface area contributed by atoms with Crippen molar-refractivity contribution in [3.8, 4) is 0 Å². The van der Waals surface area contributed by atoms with Crippen LogP contribution < -0.4 is 5.32 Å². The Morgan fingerprint density at radius 3 is 2.96 bits per heavy atom. The number of fused-ring (bicyclic) bond motifs is 1. The van der Waals surface area contributed by atoms with Crippen molar-refractivity contribution in [1.29, 1.82) is 0 Å². The van der Waals surface area contributed by atoms with Gasteiger partial charge in [-0.25, -0.2) is 0 Å². The van der Waals surface area contributed by atoms with Crippen molar-refractivity contribution in [3.63, 3.8) is 0 Å². The molecule has 1 aromatic carbocycles. The van der Waals surface area contributed by atoms with Gasteiger partial charge in [0.2, 0.25) is 5.91 Å². The number of benzene rings is 1. The van der Waals surface area contributed by atoms with E-state index >= 15 is 0 Å². The molecule has 1 N–H and O–H groups in total. The number of aryl methyl sites for hydroxylation is 1. The molecule has 0 spiro atoms. The smallest absolute Gasteiger partial charge is 0.241 e. The number of hydrogen-bond donors (Lipinski definition) is 1. The number of nitrogens with one attached hydrogen (secondary N) is 1. The van der Waals surface area contributed by atoms with Gasteiger partial charge in [0.05, 0.1) is 5.69 Å². The number of nitrogens with zero attached hydrogens (tertiary/aromatic N) is 2. The van der Waals surface area contributed by atoms with Crippen LogP contribution in [0.2, 0.25) is 0 Å². The maximum atomic E-state index is 12.2. The summed E-state index contributed by atoms with van der Waals surface area (Å²) in [4.78, 5) is 12.2. The van der Waals surface area contributed by atoms with Gasteiger partial charge in [0.15, 0.2) is 0 Å². The largest absolute Gasteiger partial charge is 0.354 e. The molecule has 2 aromatic rings. The zero-order valence-corrected chi connectivity index (χ0v) is 14.0. The van der Waals surface area contributed by atoms with E-state index in [4.69, 9.17) is 0 Å². The topological polar surface area (TPSA) is 46.9 Å². The maximum absolute atomic E-state index is 12.2. The Labute approximate surface area is 137 Å².